The maximum absolute atomic E-state index is 13.9. The lowest BCUT2D eigenvalue weighted by Gasteiger charge is -2.05. The third kappa shape index (κ3) is 1.86. The van der Waals surface area contributed by atoms with Crippen LogP contribution in [0, 0.1) is 5.82 Å². The van der Waals surface area contributed by atoms with Gasteiger partial charge in [0.15, 0.2) is 0 Å². The van der Waals surface area contributed by atoms with Gasteiger partial charge in [0.05, 0.1) is 0 Å². The number of hydrogen-bond acceptors (Lipinski definition) is 2. The Balaban J connectivity index is 2.54. The van der Waals surface area contributed by atoms with Gasteiger partial charge in [0, 0.05) is 23.5 Å². The summed E-state index contributed by atoms with van der Waals surface area (Å²) in [5, 5.41) is 0. The first-order chi connectivity index (χ1) is 7.33. The molecule has 0 bridgehead atoms. The Labute approximate surface area is 87.8 Å². The van der Waals surface area contributed by atoms with Crippen LogP contribution in [0.4, 0.5) is 4.39 Å². The molecule has 15 heavy (non-hydrogen) atoms. The van der Waals surface area contributed by atoms with Crippen LogP contribution >= 0.6 is 0 Å². The number of benzene rings is 1. The molecule has 0 N–H and O–H groups in total. The van der Waals surface area contributed by atoms with Gasteiger partial charge in [0.1, 0.15) is 12.1 Å². The van der Waals surface area contributed by atoms with E-state index in [1.807, 2.05) is 13.0 Å². The van der Waals surface area contributed by atoms with Gasteiger partial charge >= 0.3 is 0 Å². The number of rotatable bonds is 2. The molecule has 0 radical (unpaired) electrons. The predicted octanol–water partition coefficient (Wildman–Crippen LogP) is 2.85. The van der Waals surface area contributed by atoms with Crippen molar-refractivity contribution >= 4 is 0 Å². The highest BCUT2D eigenvalue weighted by atomic mass is 19.1. The molecule has 76 valence electrons. The van der Waals surface area contributed by atoms with Crippen LogP contribution < -0.4 is 0 Å². The molecule has 0 aliphatic heterocycles. The monoisotopic (exact) mass is 202 g/mol. The lowest BCUT2D eigenvalue weighted by Crippen LogP contribution is -1.92. The number of nitrogens with zero attached hydrogens (tertiary/aromatic N) is 2. The van der Waals surface area contributed by atoms with E-state index < -0.39 is 0 Å². The van der Waals surface area contributed by atoms with Crippen molar-refractivity contribution < 1.29 is 4.39 Å². The van der Waals surface area contributed by atoms with Crippen LogP contribution in [-0.2, 0) is 6.42 Å². The minimum atomic E-state index is -0.171. The number of aromatic nitrogens is 2. The molecule has 0 saturated carbocycles. The summed E-state index contributed by atoms with van der Waals surface area (Å²) in [5.41, 5.74) is 2.00. The third-order valence-electron chi connectivity index (χ3n) is 2.33. The molecule has 2 rings (SSSR count). The van der Waals surface area contributed by atoms with Crippen molar-refractivity contribution in [3.05, 3.63) is 48.3 Å². The Bertz CT molecular complexity index is 454. The van der Waals surface area contributed by atoms with Gasteiger partial charge in [-0.3, -0.25) is 0 Å². The Morgan fingerprint density at radius 2 is 1.93 bits per heavy atom. The average molecular weight is 202 g/mol. The molecule has 1 aromatic carbocycles. The second kappa shape index (κ2) is 4.17. The van der Waals surface area contributed by atoms with Crippen molar-refractivity contribution in [3.63, 3.8) is 0 Å². The second-order valence-corrected chi connectivity index (χ2v) is 3.26. The second-order valence-electron chi connectivity index (χ2n) is 3.26. The summed E-state index contributed by atoms with van der Waals surface area (Å²) in [6.07, 6.45) is 5.36. The third-order valence-corrected chi connectivity index (χ3v) is 2.33. The molecule has 0 amide bonds. The first-order valence-corrected chi connectivity index (χ1v) is 4.85. The van der Waals surface area contributed by atoms with Crippen molar-refractivity contribution in [2.45, 2.75) is 13.3 Å². The summed E-state index contributed by atoms with van der Waals surface area (Å²) >= 11 is 0. The summed E-state index contributed by atoms with van der Waals surface area (Å²) in [6, 6.07) is 5.39. The fraction of sp³-hybridized carbons (Fsp3) is 0.167. The molecule has 0 saturated heterocycles. The Hall–Kier alpha value is -1.77. The number of halogens is 1. The van der Waals surface area contributed by atoms with Crippen LogP contribution in [0.25, 0.3) is 11.1 Å². The van der Waals surface area contributed by atoms with Gasteiger partial charge in [0.2, 0.25) is 0 Å². The van der Waals surface area contributed by atoms with E-state index in [-0.39, 0.29) is 5.82 Å². The Kier molecular flexibility index (Phi) is 2.72. The van der Waals surface area contributed by atoms with E-state index in [0.29, 0.717) is 17.5 Å². The Morgan fingerprint density at radius 3 is 2.60 bits per heavy atom. The first kappa shape index (κ1) is 9.77. The van der Waals surface area contributed by atoms with Crippen molar-refractivity contribution in [3.8, 4) is 11.1 Å². The van der Waals surface area contributed by atoms with Crippen molar-refractivity contribution in [1.82, 2.24) is 9.97 Å². The fourth-order valence-electron chi connectivity index (χ4n) is 1.51. The van der Waals surface area contributed by atoms with E-state index in [9.17, 15) is 4.39 Å². The highest BCUT2D eigenvalue weighted by molar-refractivity contribution is 5.63. The van der Waals surface area contributed by atoms with E-state index in [1.165, 1.54) is 6.33 Å². The molecule has 0 aliphatic carbocycles. The summed E-state index contributed by atoms with van der Waals surface area (Å²) in [6.45, 7) is 1.93. The minimum Gasteiger partial charge on any atom is -0.244 e. The van der Waals surface area contributed by atoms with Gasteiger partial charge in [-0.1, -0.05) is 25.1 Å². The zero-order chi connectivity index (χ0) is 10.7. The largest absolute Gasteiger partial charge is 0.244 e. The lowest BCUT2D eigenvalue weighted by atomic mass is 10.0. The van der Waals surface area contributed by atoms with Gasteiger partial charge in [-0.15, -0.1) is 0 Å². The summed E-state index contributed by atoms with van der Waals surface area (Å²) in [4.78, 5) is 7.76. The average Bonchev–Trinajstić information content (AvgIpc) is 2.30. The van der Waals surface area contributed by atoms with Crippen LogP contribution in [0.3, 0.4) is 0 Å². The van der Waals surface area contributed by atoms with Crippen molar-refractivity contribution in [2.24, 2.45) is 0 Å². The van der Waals surface area contributed by atoms with Gasteiger partial charge in [-0.2, -0.15) is 0 Å². The molecule has 2 aromatic rings. The fourth-order valence-corrected chi connectivity index (χ4v) is 1.51. The summed E-state index contributed by atoms with van der Waals surface area (Å²) in [7, 11) is 0. The zero-order valence-electron chi connectivity index (χ0n) is 8.44. The number of hydrogen-bond donors (Lipinski definition) is 0. The molecule has 0 aliphatic rings. The van der Waals surface area contributed by atoms with Gasteiger partial charge in [0.25, 0.3) is 0 Å². The van der Waals surface area contributed by atoms with Crippen LogP contribution in [0.1, 0.15) is 12.5 Å². The molecule has 0 unspecified atom stereocenters. The highest BCUT2D eigenvalue weighted by Crippen LogP contribution is 2.23. The zero-order valence-corrected chi connectivity index (χ0v) is 8.44. The molecule has 0 fully saturated rings. The predicted molar refractivity (Wildman–Crippen MR) is 56.8 cm³/mol. The van der Waals surface area contributed by atoms with E-state index in [2.05, 4.69) is 9.97 Å². The molecule has 2 nitrogen and oxygen atoms in total. The smallest absolute Gasteiger partial charge is 0.134 e. The standard InChI is InChI=1S/C12H11FN2/c1-2-9-4-3-5-11(12(9)13)10-6-14-8-15-7-10/h3-8H,2H2,1H3. The quantitative estimate of drug-likeness (QED) is 0.748. The van der Waals surface area contributed by atoms with Crippen LogP contribution in [0.2, 0.25) is 0 Å². The topological polar surface area (TPSA) is 25.8 Å². The molecule has 3 heteroatoms. The van der Waals surface area contributed by atoms with Crippen molar-refractivity contribution in [1.29, 1.82) is 0 Å². The SMILES string of the molecule is CCc1cccc(-c2cncnc2)c1F. The maximum Gasteiger partial charge on any atom is 0.134 e. The van der Waals surface area contributed by atoms with Gasteiger partial charge in [-0.05, 0) is 12.0 Å². The van der Waals surface area contributed by atoms with Crippen LogP contribution in [0.15, 0.2) is 36.9 Å². The van der Waals surface area contributed by atoms with E-state index in [1.54, 1.807) is 24.5 Å². The molecule has 0 spiro atoms. The molecule has 1 aromatic heterocycles. The van der Waals surface area contributed by atoms with Gasteiger partial charge < -0.3 is 0 Å². The van der Waals surface area contributed by atoms with E-state index >= 15 is 0 Å². The normalized spacial score (nSPS) is 10.3. The number of aryl methyl sites for hydroxylation is 1. The molecular weight excluding hydrogens is 191 g/mol. The highest BCUT2D eigenvalue weighted by Gasteiger charge is 2.08. The molecule has 0 atom stereocenters. The van der Waals surface area contributed by atoms with Crippen LogP contribution in [-0.4, -0.2) is 9.97 Å². The van der Waals surface area contributed by atoms with E-state index in [4.69, 9.17) is 0 Å². The molecule has 1 heterocycles. The van der Waals surface area contributed by atoms with Gasteiger partial charge in [-0.25, -0.2) is 14.4 Å². The first-order valence-electron chi connectivity index (χ1n) is 4.85. The van der Waals surface area contributed by atoms with Crippen molar-refractivity contribution in [2.75, 3.05) is 0 Å². The van der Waals surface area contributed by atoms with Crippen LogP contribution in [0.5, 0.6) is 0 Å². The minimum absolute atomic E-state index is 0.171. The van der Waals surface area contributed by atoms with E-state index in [0.717, 1.165) is 5.56 Å². The summed E-state index contributed by atoms with van der Waals surface area (Å²) in [5.74, 6) is -0.171. The Morgan fingerprint density at radius 1 is 1.20 bits per heavy atom. The maximum atomic E-state index is 13.9. The molecular formula is C12H11FN2. The summed E-state index contributed by atoms with van der Waals surface area (Å²) < 4.78 is 13.9. The lowest BCUT2D eigenvalue weighted by molar-refractivity contribution is 0.615.